The summed E-state index contributed by atoms with van der Waals surface area (Å²) in [6.45, 7) is 6.38. The van der Waals surface area contributed by atoms with Crippen molar-refractivity contribution in [2.45, 2.75) is 50.0 Å². The number of rotatable bonds is 9. The first-order chi connectivity index (χ1) is 12.2. The molecule has 0 fully saturated rings. The zero-order chi connectivity index (χ0) is 17.6. The van der Waals surface area contributed by atoms with Crippen LogP contribution in [0.4, 0.5) is 0 Å². The van der Waals surface area contributed by atoms with E-state index in [4.69, 9.17) is 8.94 Å². The summed E-state index contributed by atoms with van der Waals surface area (Å²) < 4.78 is 13.0. The lowest BCUT2D eigenvalue weighted by molar-refractivity contribution is 0.231. The van der Waals surface area contributed by atoms with Crippen molar-refractivity contribution in [2.24, 2.45) is 7.05 Å². The quantitative estimate of drug-likeness (QED) is 0.574. The summed E-state index contributed by atoms with van der Waals surface area (Å²) in [7, 11) is 1.91. The van der Waals surface area contributed by atoms with Crippen molar-refractivity contribution >= 4 is 11.8 Å². The van der Waals surface area contributed by atoms with E-state index in [1.54, 1.807) is 6.33 Å². The Bertz CT molecular complexity index is 796. The molecule has 134 valence electrons. The summed E-state index contributed by atoms with van der Waals surface area (Å²) in [5, 5.41) is 13.6. The summed E-state index contributed by atoms with van der Waals surface area (Å²) in [4.78, 5) is 6.63. The molecule has 0 saturated heterocycles. The maximum atomic E-state index is 5.90. The smallest absolute Gasteiger partial charge is 0.226 e. The van der Waals surface area contributed by atoms with E-state index >= 15 is 0 Å². The molecule has 0 spiro atoms. The third-order valence-corrected chi connectivity index (χ3v) is 4.64. The summed E-state index contributed by atoms with van der Waals surface area (Å²) in [5.74, 6) is 2.31. The molecule has 3 aromatic heterocycles. The lowest BCUT2D eigenvalue weighted by atomic mass is 10.3. The van der Waals surface area contributed by atoms with Crippen LogP contribution in [-0.4, -0.2) is 36.3 Å². The molecule has 3 heterocycles. The van der Waals surface area contributed by atoms with Crippen molar-refractivity contribution < 1.29 is 8.94 Å². The van der Waals surface area contributed by atoms with Gasteiger partial charge in [0.15, 0.2) is 16.1 Å². The zero-order valence-corrected chi connectivity index (χ0v) is 15.5. The average Bonchev–Trinajstić information content (AvgIpc) is 3.32. The zero-order valence-electron chi connectivity index (χ0n) is 14.7. The molecule has 0 aliphatic carbocycles. The van der Waals surface area contributed by atoms with Gasteiger partial charge in [0.2, 0.25) is 5.89 Å². The molecule has 0 aromatic carbocycles. The highest BCUT2D eigenvalue weighted by Gasteiger charge is 2.14. The summed E-state index contributed by atoms with van der Waals surface area (Å²) in [6.07, 6.45) is 3.49. The van der Waals surface area contributed by atoms with Crippen molar-refractivity contribution in [2.75, 3.05) is 6.54 Å². The van der Waals surface area contributed by atoms with Crippen LogP contribution in [0, 0.1) is 0 Å². The monoisotopic (exact) mass is 362 g/mol. The van der Waals surface area contributed by atoms with Gasteiger partial charge in [-0.05, 0) is 36.9 Å². The fourth-order valence-corrected chi connectivity index (χ4v) is 3.07. The van der Waals surface area contributed by atoms with Crippen LogP contribution in [0.25, 0.3) is 0 Å². The van der Waals surface area contributed by atoms with Crippen LogP contribution in [0.5, 0.6) is 0 Å². The first kappa shape index (κ1) is 17.7. The second-order valence-electron chi connectivity index (χ2n) is 5.70. The first-order valence-electron chi connectivity index (χ1n) is 8.32. The number of furan rings is 1. The predicted octanol–water partition coefficient (Wildman–Crippen LogP) is 2.92. The Morgan fingerprint density at radius 3 is 2.84 bits per heavy atom. The van der Waals surface area contributed by atoms with Crippen LogP contribution in [0.1, 0.15) is 37.7 Å². The van der Waals surface area contributed by atoms with E-state index < -0.39 is 0 Å². The van der Waals surface area contributed by atoms with E-state index in [2.05, 4.69) is 39.1 Å². The van der Waals surface area contributed by atoms with Crippen molar-refractivity contribution in [1.29, 1.82) is 0 Å². The molecular formula is C16H22N6O2S. The van der Waals surface area contributed by atoms with Gasteiger partial charge in [0, 0.05) is 13.5 Å². The highest BCUT2D eigenvalue weighted by molar-refractivity contribution is 7.99. The second-order valence-corrected chi connectivity index (χ2v) is 6.68. The highest BCUT2D eigenvalue weighted by Crippen LogP contribution is 2.27. The molecule has 3 rings (SSSR count). The average molecular weight is 362 g/mol. The number of nitrogens with zero attached hydrogens (tertiary/aromatic N) is 6. The minimum absolute atomic E-state index is 0.635. The second kappa shape index (κ2) is 8.30. The van der Waals surface area contributed by atoms with E-state index in [9.17, 15) is 0 Å². The lowest BCUT2D eigenvalue weighted by Gasteiger charge is -2.16. The molecule has 0 unspecified atom stereocenters. The van der Waals surface area contributed by atoms with Gasteiger partial charge in [-0.1, -0.05) is 19.0 Å². The molecule has 0 radical (unpaired) electrons. The molecule has 0 saturated carbocycles. The topological polar surface area (TPSA) is 86.0 Å². The van der Waals surface area contributed by atoms with Gasteiger partial charge < -0.3 is 13.5 Å². The summed E-state index contributed by atoms with van der Waals surface area (Å²) in [6, 6.07) is 3.94. The Balaban J connectivity index is 1.58. The van der Waals surface area contributed by atoms with Gasteiger partial charge in [-0.2, -0.15) is 4.98 Å². The van der Waals surface area contributed by atoms with E-state index in [1.807, 2.05) is 23.7 Å². The summed E-state index contributed by atoms with van der Waals surface area (Å²) in [5.41, 5.74) is 0. The standard InChI is InChI=1S/C16H22N6O2S/c1-4-6-14-18-13(20-24-14)10-22(5-2)9-12-7-8-15(23-12)25-16-19-17-11-21(16)3/h7-8,11H,4-6,9-10H2,1-3H3. The highest BCUT2D eigenvalue weighted by atomic mass is 32.2. The lowest BCUT2D eigenvalue weighted by Crippen LogP contribution is -2.22. The van der Waals surface area contributed by atoms with Gasteiger partial charge in [0.05, 0.1) is 13.1 Å². The van der Waals surface area contributed by atoms with Crippen LogP contribution in [0.15, 0.2) is 37.6 Å². The Kier molecular flexibility index (Phi) is 5.87. The molecule has 3 aromatic rings. The molecule has 0 N–H and O–H groups in total. The molecule has 8 nitrogen and oxygen atoms in total. The maximum absolute atomic E-state index is 5.90. The molecule has 25 heavy (non-hydrogen) atoms. The van der Waals surface area contributed by atoms with Gasteiger partial charge in [0.1, 0.15) is 12.1 Å². The van der Waals surface area contributed by atoms with Gasteiger partial charge in [-0.15, -0.1) is 10.2 Å². The third-order valence-electron chi connectivity index (χ3n) is 3.66. The molecule has 0 amide bonds. The molecule has 9 heteroatoms. The van der Waals surface area contributed by atoms with E-state index in [0.717, 1.165) is 35.4 Å². The van der Waals surface area contributed by atoms with Gasteiger partial charge >= 0.3 is 0 Å². The fraction of sp³-hybridized carbons (Fsp3) is 0.500. The normalized spacial score (nSPS) is 11.5. The molecule has 0 bridgehead atoms. The predicted molar refractivity (Wildman–Crippen MR) is 91.9 cm³/mol. The van der Waals surface area contributed by atoms with Crippen LogP contribution < -0.4 is 0 Å². The number of aromatic nitrogens is 5. The largest absolute Gasteiger partial charge is 0.453 e. The fourth-order valence-electron chi connectivity index (χ4n) is 2.32. The van der Waals surface area contributed by atoms with Gasteiger partial charge in [-0.25, -0.2) is 0 Å². The SMILES string of the molecule is CCCc1nc(CN(CC)Cc2ccc(Sc3nncn3C)o2)no1. The molecule has 0 atom stereocenters. The maximum Gasteiger partial charge on any atom is 0.226 e. The minimum Gasteiger partial charge on any atom is -0.453 e. The van der Waals surface area contributed by atoms with Crippen LogP contribution in [0.2, 0.25) is 0 Å². The van der Waals surface area contributed by atoms with E-state index in [0.29, 0.717) is 24.8 Å². The number of hydrogen-bond donors (Lipinski definition) is 0. The molecule has 0 aliphatic heterocycles. The number of hydrogen-bond acceptors (Lipinski definition) is 8. The third kappa shape index (κ3) is 4.70. The van der Waals surface area contributed by atoms with Crippen LogP contribution in [-0.2, 0) is 26.6 Å². The Hall–Kier alpha value is -2.13. The summed E-state index contributed by atoms with van der Waals surface area (Å²) >= 11 is 1.45. The van der Waals surface area contributed by atoms with E-state index in [-0.39, 0.29) is 0 Å². The van der Waals surface area contributed by atoms with E-state index in [1.165, 1.54) is 11.8 Å². The molecular weight excluding hydrogens is 340 g/mol. The van der Waals surface area contributed by atoms with Gasteiger partial charge in [0.25, 0.3) is 0 Å². The Morgan fingerprint density at radius 1 is 1.24 bits per heavy atom. The van der Waals surface area contributed by atoms with Gasteiger partial charge in [-0.3, -0.25) is 4.90 Å². The van der Waals surface area contributed by atoms with Crippen molar-refractivity contribution in [3.05, 3.63) is 35.9 Å². The first-order valence-corrected chi connectivity index (χ1v) is 9.14. The van der Waals surface area contributed by atoms with Crippen molar-refractivity contribution in [3.63, 3.8) is 0 Å². The Labute approximate surface area is 150 Å². The van der Waals surface area contributed by atoms with Crippen molar-refractivity contribution in [1.82, 2.24) is 29.8 Å². The van der Waals surface area contributed by atoms with Crippen LogP contribution >= 0.6 is 11.8 Å². The molecule has 0 aliphatic rings. The minimum atomic E-state index is 0.635. The van der Waals surface area contributed by atoms with Crippen LogP contribution in [0.3, 0.4) is 0 Å². The van der Waals surface area contributed by atoms with Crippen molar-refractivity contribution in [3.8, 4) is 0 Å². The Morgan fingerprint density at radius 2 is 2.12 bits per heavy atom. The number of aryl methyl sites for hydroxylation is 2.